The predicted octanol–water partition coefficient (Wildman–Crippen LogP) is 4.10. The summed E-state index contributed by atoms with van der Waals surface area (Å²) in [6.45, 7) is 0. The van der Waals surface area contributed by atoms with E-state index in [9.17, 15) is 13.2 Å². The lowest BCUT2D eigenvalue weighted by atomic mass is 10.1. The van der Waals surface area contributed by atoms with Crippen molar-refractivity contribution in [2.24, 2.45) is 0 Å². The summed E-state index contributed by atoms with van der Waals surface area (Å²) in [6.07, 6.45) is 0. The molecule has 2 aromatic carbocycles. The number of hydrogen-bond acceptors (Lipinski definition) is 6. The Balaban J connectivity index is 2.19. The lowest BCUT2D eigenvalue weighted by molar-refractivity contribution is 0.0599. The van der Waals surface area contributed by atoms with Crippen molar-refractivity contribution < 1.29 is 22.1 Å². The van der Waals surface area contributed by atoms with Gasteiger partial charge in [0, 0.05) is 5.39 Å². The van der Waals surface area contributed by atoms with Crippen LogP contribution in [0.3, 0.4) is 0 Å². The molecule has 6 nitrogen and oxygen atoms in total. The van der Waals surface area contributed by atoms with E-state index in [2.05, 4.69) is 4.98 Å². The molecule has 26 heavy (non-hydrogen) atoms. The molecule has 0 radical (unpaired) electrons. The fourth-order valence-electron chi connectivity index (χ4n) is 2.34. The topological polar surface area (TPSA) is 82.6 Å². The van der Waals surface area contributed by atoms with Crippen LogP contribution >= 0.6 is 23.2 Å². The molecule has 0 spiro atoms. The van der Waals surface area contributed by atoms with Gasteiger partial charge in [-0.2, -0.15) is 8.42 Å². The fourth-order valence-corrected chi connectivity index (χ4v) is 3.95. The standard InChI is InChI=1S/C17H11Cl2NO5S/c1-24-17(21)12-7-6-10-4-2-3-5-11(10)15(12)25-26(22,23)13-8-9-14(18)20-16(13)19/h2-9H,1H3. The molecule has 1 heterocycles. The number of pyridine rings is 1. The van der Waals surface area contributed by atoms with Crippen LogP contribution in [0.15, 0.2) is 53.4 Å². The molecule has 0 saturated heterocycles. The van der Waals surface area contributed by atoms with E-state index in [1.54, 1.807) is 30.3 Å². The van der Waals surface area contributed by atoms with Crippen LogP contribution in [0.4, 0.5) is 0 Å². The van der Waals surface area contributed by atoms with E-state index >= 15 is 0 Å². The Hall–Kier alpha value is -2.35. The zero-order valence-electron chi connectivity index (χ0n) is 13.3. The van der Waals surface area contributed by atoms with Gasteiger partial charge in [-0.25, -0.2) is 9.78 Å². The zero-order valence-corrected chi connectivity index (χ0v) is 15.6. The van der Waals surface area contributed by atoms with Crippen molar-refractivity contribution in [3.63, 3.8) is 0 Å². The number of benzene rings is 2. The molecule has 0 aliphatic rings. The van der Waals surface area contributed by atoms with Gasteiger partial charge in [0.05, 0.1) is 7.11 Å². The minimum Gasteiger partial charge on any atom is -0.465 e. The Morgan fingerprint density at radius 3 is 2.46 bits per heavy atom. The first-order valence-corrected chi connectivity index (χ1v) is 9.36. The van der Waals surface area contributed by atoms with Crippen molar-refractivity contribution in [2.45, 2.75) is 4.90 Å². The number of esters is 1. The first kappa shape index (κ1) is 18.4. The zero-order chi connectivity index (χ0) is 18.9. The molecule has 1 aromatic heterocycles. The average molecular weight is 412 g/mol. The maximum atomic E-state index is 12.7. The fraction of sp³-hybridized carbons (Fsp3) is 0.0588. The minimum absolute atomic E-state index is 0.0344. The van der Waals surface area contributed by atoms with E-state index in [4.69, 9.17) is 32.1 Å². The number of nitrogens with zero attached hydrogens (tertiary/aromatic N) is 1. The summed E-state index contributed by atoms with van der Waals surface area (Å²) in [5.41, 5.74) is -0.0344. The number of hydrogen-bond donors (Lipinski definition) is 0. The van der Waals surface area contributed by atoms with Gasteiger partial charge in [-0.05, 0) is 23.6 Å². The summed E-state index contributed by atoms with van der Waals surface area (Å²) in [5, 5.41) is 0.814. The molecule has 3 aromatic rings. The molecular weight excluding hydrogens is 401 g/mol. The van der Waals surface area contributed by atoms with Crippen molar-refractivity contribution >= 4 is 50.1 Å². The molecule has 9 heteroatoms. The number of methoxy groups -OCH3 is 1. The van der Waals surface area contributed by atoms with Crippen LogP contribution in [-0.2, 0) is 14.9 Å². The largest absolute Gasteiger partial charge is 0.465 e. The van der Waals surface area contributed by atoms with Gasteiger partial charge < -0.3 is 8.92 Å². The highest BCUT2D eigenvalue weighted by Crippen LogP contribution is 2.34. The number of carbonyl (C=O) groups is 1. The number of rotatable bonds is 4. The first-order valence-electron chi connectivity index (χ1n) is 7.20. The second-order valence-corrected chi connectivity index (χ2v) is 7.38. The van der Waals surface area contributed by atoms with Crippen LogP contribution in [0.1, 0.15) is 10.4 Å². The van der Waals surface area contributed by atoms with E-state index in [1.807, 2.05) is 0 Å². The van der Waals surface area contributed by atoms with Gasteiger partial charge in [-0.3, -0.25) is 0 Å². The van der Waals surface area contributed by atoms with Crippen molar-refractivity contribution in [1.82, 2.24) is 4.98 Å². The molecule has 0 unspecified atom stereocenters. The molecule has 0 fully saturated rings. The molecule has 134 valence electrons. The average Bonchev–Trinajstić information content (AvgIpc) is 2.60. The molecule has 0 saturated carbocycles. The Kier molecular flexibility index (Phi) is 5.04. The van der Waals surface area contributed by atoms with Crippen molar-refractivity contribution in [3.05, 3.63) is 64.4 Å². The highest BCUT2D eigenvalue weighted by atomic mass is 35.5. The first-order chi connectivity index (χ1) is 12.3. The van der Waals surface area contributed by atoms with Gasteiger partial charge in [-0.15, -0.1) is 0 Å². The number of aromatic nitrogens is 1. The van der Waals surface area contributed by atoms with Crippen LogP contribution in [0.2, 0.25) is 10.3 Å². The second kappa shape index (κ2) is 7.11. The SMILES string of the molecule is COC(=O)c1ccc2ccccc2c1OS(=O)(=O)c1ccc(Cl)nc1Cl. The Morgan fingerprint density at radius 1 is 1.04 bits per heavy atom. The Labute approximate surface area is 159 Å². The molecule has 0 aliphatic heterocycles. The van der Waals surface area contributed by atoms with Gasteiger partial charge in [0.15, 0.2) is 10.9 Å². The summed E-state index contributed by atoms with van der Waals surface area (Å²) in [7, 11) is -3.19. The number of halogens is 2. The smallest absolute Gasteiger partial charge is 0.342 e. The van der Waals surface area contributed by atoms with Crippen LogP contribution in [-0.4, -0.2) is 26.5 Å². The molecule has 0 bridgehead atoms. The van der Waals surface area contributed by atoms with Gasteiger partial charge in [-0.1, -0.05) is 53.5 Å². The monoisotopic (exact) mass is 411 g/mol. The number of carbonyl (C=O) groups excluding carboxylic acids is 1. The maximum Gasteiger partial charge on any atom is 0.342 e. The van der Waals surface area contributed by atoms with Crippen molar-refractivity contribution in [3.8, 4) is 5.75 Å². The van der Waals surface area contributed by atoms with Crippen molar-refractivity contribution in [1.29, 1.82) is 0 Å². The summed E-state index contributed by atoms with van der Waals surface area (Å²) in [5.74, 6) is -0.887. The Morgan fingerprint density at radius 2 is 1.77 bits per heavy atom. The molecule has 0 N–H and O–H groups in total. The van der Waals surface area contributed by atoms with E-state index in [1.165, 1.54) is 25.3 Å². The predicted molar refractivity (Wildman–Crippen MR) is 97.4 cm³/mol. The van der Waals surface area contributed by atoms with Gasteiger partial charge >= 0.3 is 16.1 Å². The molecule has 0 atom stereocenters. The van der Waals surface area contributed by atoms with E-state index in [0.29, 0.717) is 10.8 Å². The van der Waals surface area contributed by atoms with Gasteiger partial charge in [0.2, 0.25) is 0 Å². The number of ether oxygens (including phenoxy) is 1. The lowest BCUT2D eigenvalue weighted by Crippen LogP contribution is -2.14. The Bertz CT molecular complexity index is 1120. The third kappa shape index (κ3) is 3.46. The third-order valence-corrected chi connectivity index (χ3v) is 5.39. The lowest BCUT2D eigenvalue weighted by Gasteiger charge is -2.13. The number of fused-ring (bicyclic) bond motifs is 1. The highest BCUT2D eigenvalue weighted by molar-refractivity contribution is 7.87. The molecular formula is C17H11Cl2NO5S. The molecule has 3 rings (SSSR count). The van der Waals surface area contributed by atoms with Crippen LogP contribution in [0.5, 0.6) is 5.75 Å². The maximum absolute atomic E-state index is 12.7. The van der Waals surface area contributed by atoms with E-state index in [0.717, 1.165) is 0 Å². The van der Waals surface area contributed by atoms with Gasteiger partial charge in [0.25, 0.3) is 0 Å². The van der Waals surface area contributed by atoms with E-state index in [-0.39, 0.29) is 26.5 Å². The summed E-state index contributed by atoms with van der Waals surface area (Å²) >= 11 is 11.6. The summed E-state index contributed by atoms with van der Waals surface area (Å²) in [6, 6.07) is 12.4. The summed E-state index contributed by atoms with van der Waals surface area (Å²) in [4.78, 5) is 15.4. The van der Waals surface area contributed by atoms with Gasteiger partial charge in [0.1, 0.15) is 15.6 Å². The third-order valence-electron chi connectivity index (χ3n) is 3.53. The van der Waals surface area contributed by atoms with E-state index < -0.39 is 16.1 Å². The summed E-state index contributed by atoms with van der Waals surface area (Å²) < 4.78 is 35.4. The van der Waals surface area contributed by atoms with Crippen LogP contribution in [0.25, 0.3) is 10.8 Å². The highest BCUT2D eigenvalue weighted by Gasteiger charge is 2.26. The quantitative estimate of drug-likeness (QED) is 0.365. The van der Waals surface area contributed by atoms with Crippen LogP contribution in [0, 0.1) is 0 Å². The molecule has 0 aliphatic carbocycles. The van der Waals surface area contributed by atoms with Crippen molar-refractivity contribution in [2.75, 3.05) is 7.11 Å². The second-order valence-electron chi connectivity index (χ2n) is 5.12. The molecule has 0 amide bonds. The minimum atomic E-state index is -4.38. The normalized spacial score (nSPS) is 11.3. The van der Waals surface area contributed by atoms with Crippen LogP contribution < -0.4 is 4.18 Å².